The van der Waals surface area contributed by atoms with Crippen molar-refractivity contribution in [1.29, 1.82) is 0 Å². The number of aromatic nitrogens is 3. The van der Waals surface area contributed by atoms with Crippen molar-refractivity contribution in [2.75, 3.05) is 0 Å². The molecule has 2 heterocycles. The molecule has 0 aliphatic heterocycles. The molecule has 0 unspecified atom stereocenters. The smallest absolute Gasteiger partial charge is 0.206 e. The molecule has 0 saturated carbocycles. The van der Waals surface area contributed by atoms with Gasteiger partial charge in [-0.3, -0.25) is 0 Å². The summed E-state index contributed by atoms with van der Waals surface area (Å²) in [5.41, 5.74) is 0. The fraction of sp³-hybridized carbons (Fsp3) is 0. The van der Waals surface area contributed by atoms with Crippen LogP contribution in [-0.2, 0) is 0 Å². The first-order valence-corrected chi connectivity index (χ1v) is 5.98. The van der Waals surface area contributed by atoms with E-state index in [-0.39, 0.29) is 10.4 Å². The van der Waals surface area contributed by atoms with Gasteiger partial charge in [0.1, 0.15) is 5.03 Å². The second-order valence-electron chi connectivity index (χ2n) is 2.21. The molecule has 0 amide bonds. The molecular formula is C7H3Cl2N3S2. The summed E-state index contributed by atoms with van der Waals surface area (Å²) in [6, 6.07) is 3.93. The van der Waals surface area contributed by atoms with Crippen molar-refractivity contribution in [1.82, 2.24) is 15.2 Å². The van der Waals surface area contributed by atoms with E-state index in [9.17, 15) is 0 Å². The molecule has 2 aromatic heterocycles. The molecule has 0 fully saturated rings. The molecular weight excluding hydrogens is 261 g/mol. The lowest BCUT2D eigenvalue weighted by Gasteiger charge is -1.98. The van der Waals surface area contributed by atoms with E-state index in [1.807, 2.05) is 17.5 Å². The average molecular weight is 264 g/mol. The van der Waals surface area contributed by atoms with E-state index in [1.54, 1.807) is 11.3 Å². The van der Waals surface area contributed by atoms with Crippen LogP contribution in [0.3, 0.4) is 0 Å². The van der Waals surface area contributed by atoms with Gasteiger partial charge in [-0.2, -0.15) is 0 Å². The Morgan fingerprint density at radius 2 is 2.14 bits per heavy atom. The maximum absolute atomic E-state index is 5.80. The molecule has 0 atom stereocenters. The third kappa shape index (κ3) is 2.36. The summed E-state index contributed by atoms with van der Waals surface area (Å²) >= 11 is 14.4. The first-order valence-electron chi connectivity index (χ1n) is 3.53. The van der Waals surface area contributed by atoms with Gasteiger partial charge in [-0.25, -0.2) is 4.98 Å². The van der Waals surface area contributed by atoms with Crippen LogP contribution in [0.5, 0.6) is 0 Å². The first-order chi connectivity index (χ1) is 6.75. The Hall–Kier alpha value is -0.360. The zero-order valence-electron chi connectivity index (χ0n) is 6.65. The van der Waals surface area contributed by atoms with Crippen molar-refractivity contribution in [2.45, 2.75) is 9.24 Å². The number of halogens is 2. The summed E-state index contributed by atoms with van der Waals surface area (Å²) in [4.78, 5) is 3.98. The van der Waals surface area contributed by atoms with Gasteiger partial charge in [0.05, 0.1) is 4.21 Å². The standard InChI is InChI=1S/C7H3Cl2N3S2/c8-5-6(10-7(9)12-11-5)14-4-2-1-3-13-4/h1-3H. The molecule has 0 aliphatic rings. The number of rotatable bonds is 2. The van der Waals surface area contributed by atoms with Crippen LogP contribution < -0.4 is 0 Å². The van der Waals surface area contributed by atoms with Crippen LogP contribution in [-0.4, -0.2) is 15.2 Å². The molecule has 0 spiro atoms. The molecule has 7 heteroatoms. The van der Waals surface area contributed by atoms with Crippen molar-refractivity contribution in [2.24, 2.45) is 0 Å². The Morgan fingerprint density at radius 1 is 1.29 bits per heavy atom. The van der Waals surface area contributed by atoms with Crippen molar-refractivity contribution in [3.05, 3.63) is 27.9 Å². The first kappa shape index (κ1) is 10.2. The molecule has 0 aromatic carbocycles. The molecule has 3 nitrogen and oxygen atoms in total. The summed E-state index contributed by atoms with van der Waals surface area (Å²) in [7, 11) is 0. The predicted octanol–water partition coefficient (Wildman–Crippen LogP) is 3.39. The fourth-order valence-corrected chi connectivity index (χ4v) is 2.77. The minimum Gasteiger partial charge on any atom is -0.206 e. The van der Waals surface area contributed by atoms with Crippen LogP contribution in [0.25, 0.3) is 0 Å². The van der Waals surface area contributed by atoms with Crippen molar-refractivity contribution >= 4 is 46.3 Å². The van der Waals surface area contributed by atoms with Gasteiger partial charge in [0.25, 0.3) is 0 Å². The maximum Gasteiger partial charge on any atom is 0.244 e. The molecule has 0 saturated heterocycles. The topological polar surface area (TPSA) is 38.7 Å². The van der Waals surface area contributed by atoms with E-state index < -0.39 is 0 Å². The Balaban J connectivity index is 2.28. The van der Waals surface area contributed by atoms with E-state index >= 15 is 0 Å². The minimum absolute atomic E-state index is 0.105. The van der Waals surface area contributed by atoms with Crippen molar-refractivity contribution < 1.29 is 0 Å². The number of thiophene rings is 1. The molecule has 2 aromatic rings. The molecule has 0 aliphatic carbocycles. The second kappa shape index (κ2) is 4.44. The van der Waals surface area contributed by atoms with Crippen LogP contribution in [0.1, 0.15) is 0 Å². The van der Waals surface area contributed by atoms with E-state index in [2.05, 4.69) is 15.2 Å². The van der Waals surface area contributed by atoms with Gasteiger partial charge in [-0.1, -0.05) is 29.4 Å². The lowest BCUT2D eigenvalue weighted by Crippen LogP contribution is -1.90. The van der Waals surface area contributed by atoms with Crippen molar-refractivity contribution in [3.63, 3.8) is 0 Å². The fourth-order valence-electron chi connectivity index (χ4n) is 0.762. The quantitative estimate of drug-likeness (QED) is 0.833. The Bertz CT molecular complexity index is 433. The Labute approximate surface area is 98.5 Å². The molecule has 14 heavy (non-hydrogen) atoms. The van der Waals surface area contributed by atoms with Crippen LogP contribution in [0.15, 0.2) is 26.7 Å². The minimum atomic E-state index is 0.105. The van der Waals surface area contributed by atoms with Gasteiger partial charge in [0.15, 0.2) is 5.15 Å². The van der Waals surface area contributed by atoms with Gasteiger partial charge in [0, 0.05) is 0 Å². The van der Waals surface area contributed by atoms with Gasteiger partial charge in [0.2, 0.25) is 5.28 Å². The van der Waals surface area contributed by atoms with Crippen LogP contribution in [0, 0.1) is 0 Å². The van der Waals surface area contributed by atoms with Gasteiger partial charge >= 0.3 is 0 Å². The van der Waals surface area contributed by atoms with Crippen molar-refractivity contribution in [3.8, 4) is 0 Å². The van der Waals surface area contributed by atoms with E-state index in [0.717, 1.165) is 4.21 Å². The van der Waals surface area contributed by atoms with E-state index in [4.69, 9.17) is 23.2 Å². The lowest BCUT2D eigenvalue weighted by atomic mass is 10.7. The molecule has 0 bridgehead atoms. The predicted molar refractivity (Wildman–Crippen MR) is 58.3 cm³/mol. The summed E-state index contributed by atoms with van der Waals surface area (Å²) in [5, 5.41) is 10.1. The maximum atomic E-state index is 5.80. The van der Waals surface area contributed by atoms with Crippen LogP contribution >= 0.6 is 46.3 Å². The summed E-state index contributed by atoms with van der Waals surface area (Å²) in [5.74, 6) is 0. The van der Waals surface area contributed by atoms with E-state index in [1.165, 1.54) is 11.8 Å². The van der Waals surface area contributed by atoms with Gasteiger partial charge in [-0.15, -0.1) is 21.5 Å². The lowest BCUT2D eigenvalue weighted by molar-refractivity contribution is 0.905. The highest BCUT2D eigenvalue weighted by atomic mass is 35.5. The molecule has 2 rings (SSSR count). The van der Waals surface area contributed by atoms with Gasteiger partial charge in [-0.05, 0) is 23.0 Å². The van der Waals surface area contributed by atoms with Crippen LogP contribution in [0.2, 0.25) is 10.4 Å². The number of hydrogen-bond acceptors (Lipinski definition) is 5. The number of nitrogens with zero attached hydrogens (tertiary/aromatic N) is 3. The highest BCUT2D eigenvalue weighted by Gasteiger charge is 2.08. The third-order valence-electron chi connectivity index (χ3n) is 1.28. The number of hydrogen-bond donors (Lipinski definition) is 0. The Kier molecular flexibility index (Phi) is 3.22. The third-order valence-corrected chi connectivity index (χ3v) is 3.83. The average Bonchev–Trinajstić information content (AvgIpc) is 2.64. The normalized spacial score (nSPS) is 10.4. The monoisotopic (exact) mass is 263 g/mol. The highest BCUT2D eigenvalue weighted by Crippen LogP contribution is 2.33. The summed E-state index contributed by atoms with van der Waals surface area (Å²) in [6.45, 7) is 0. The van der Waals surface area contributed by atoms with E-state index in [0.29, 0.717) is 5.03 Å². The summed E-state index contributed by atoms with van der Waals surface area (Å²) < 4.78 is 1.09. The summed E-state index contributed by atoms with van der Waals surface area (Å²) in [6.07, 6.45) is 0. The zero-order chi connectivity index (χ0) is 9.97. The zero-order valence-corrected chi connectivity index (χ0v) is 9.79. The van der Waals surface area contributed by atoms with Gasteiger partial charge < -0.3 is 0 Å². The molecule has 0 N–H and O–H groups in total. The molecule has 0 radical (unpaired) electrons. The van der Waals surface area contributed by atoms with Crippen LogP contribution in [0.4, 0.5) is 0 Å². The SMILES string of the molecule is Clc1nnc(Cl)c(Sc2cccs2)n1. The molecule has 72 valence electrons. The largest absolute Gasteiger partial charge is 0.244 e. The highest BCUT2D eigenvalue weighted by molar-refractivity contribution is 8.01. The second-order valence-corrected chi connectivity index (χ2v) is 5.14. The Morgan fingerprint density at radius 3 is 2.86 bits per heavy atom.